The van der Waals surface area contributed by atoms with Crippen molar-refractivity contribution in [1.82, 2.24) is 16.0 Å². The van der Waals surface area contributed by atoms with E-state index >= 15 is 0 Å². The smallest absolute Gasteiger partial charge is 0.326 e. The second-order valence-corrected chi connectivity index (χ2v) is 8.80. The molecule has 14 heteroatoms. The number of carbonyl (C=O) groups is 4. The maximum absolute atomic E-state index is 12.9. The predicted octanol–water partition coefficient (Wildman–Crippen LogP) is -2.50. The Kier molecular flexibility index (Phi) is 12.8. The number of aliphatic hydroxyl groups is 1. The first-order chi connectivity index (χ1) is 17.3. The molecule has 3 amide bonds. The lowest BCUT2D eigenvalue weighted by molar-refractivity contribution is -0.142. The first-order valence-electron chi connectivity index (χ1n) is 11.7. The van der Waals surface area contributed by atoms with Gasteiger partial charge in [0.2, 0.25) is 17.7 Å². The van der Waals surface area contributed by atoms with Crippen molar-refractivity contribution in [3.63, 3.8) is 0 Å². The molecule has 0 saturated heterocycles. The summed E-state index contributed by atoms with van der Waals surface area (Å²) in [6, 6.07) is 0.920. The number of aromatic hydroxyl groups is 1. The Morgan fingerprint density at radius 1 is 0.946 bits per heavy atom. The van der Waals surface area contributed by atoms with Gasteiger partial charge in [0.05, 0.1) is 12.6 Å². The Labute approximate surface area is 214 Å². The normalized spacial score (nSPS) is 14.1. The van der Waals surface area contributed by atoms with Crippen LogP contribution < -0.4 is 33.2 Å². The summed E-state index contributed by atoms with van der Waals surface area (Å²) in [4.78, 5) is 53.5. The van der Waals surface area contributed by atoms with Crippen molar-refractivity contribution in [2.45, 2.75) is 57.3 Å². The van der Waals surface area contributed by atoms with Crippen LogP contribution in [-0.2, 0) is 25.6 Å². The molecule has 1 aromatic rings. The molecule has 0 aliphatic carbocycles. The lowest BCUT2D eigenvalue weighted by Crippen LogP contribution is -2.59. The largest absolute Gasteiger partial charge is 0.508 e. The summed E-state index contributed by atoms with van der Waals surface area (Å²) in [6.07, 6.45) is 0.597. The number of guanidine groups is 1. The summed E-state index contributed by atoms with van der Waals surface area (Å²) in [5, 5.41) is 35.7. The fourth-order valence-corrected chi connectivity index (χ4v) is 3.24. The number of aliphatic carboxylic acids is 1. The van der Waals surface area contributed by atoms with Gasteiger partial charge in [0, 0.05) is 13.0 Å². The molecule has 0 saturated carbocycles. The number of phenols is 1. The number of aliphatic imine (C=N–C) groups is 1. The zero-order valence-electron chi connectivity index (χ0n) is 20.9. The number of carbonyl (C=O) groups excluding carboxylic acids is 3. The van der Waals surface area contributed by atoms with Gasteiger partial charge < -0.3 is 48.5 Å². The Bertz CT molecular complexity index is 949. The van der Waals surface area contributed by atoms with Crippen molar-refractivity contribution in [3.05, 3.63) is 29.8 Å². The molecule has 37 heavy (non-hydrogen) atoms. The highest BCUT2D eigenvalue weighted by Crippen LogP contribution is 2.12. The first-order valence-corrected chi connectivity index (χ1v) is 11.7. The van der Waals surface area contributed by atoms with E-state index in [0.717, 1.165) is 0 Å². The van der Waals surface area contributed by atoms with Gasteiger partial charge in [-0.05, 0) is 36.5 Å². The Morgan fingerprint density at radius 2 is 1.54 bits per heavy atom. The summed E-state index contributed by atoms with van der Waals surface area (Å²) < 4.78 is 0. The molecule has 0 radical (unpaired) electrons. The van der Waals surface area contributed by atoms with Crippen LogP contribution in [-0.4, -0.2) is 82.3 Å². The average molecular weight is 524 g/mol. The van der Waals surface area contributed by atoms with E-state index in [4.69, 9.17) is 17.2 Å². The second kappa shape index (κ2) is 15.3. The van der Waals surface area contributed by atoms with Gasteiger partial charge in [-0.3, -0.25) is 19.4 Å². The molecule has 4 atom stereocenters. The molecule has 14 nitrogen and oxygen atoms in total. The number of rotatable bonds is 15. The van der Waals surface area contributed by atoms with Crippen molar-refractivity contribution in [1.29, 1.82) is 0 Å². The third-order valence-corrected chi connectivity index (χ3v) is 5.36. The SMILES string of the molecule is CC(C)C(NC(=O)C(N)CCCN=C(N)N)C(=O)NC(CO)C(=O)NC(Cc1ccc(O)cc1)C(=O)O. The van der Waals surface area contributed by atoms with Crippen LogP contribution in [0.5, 0.6) is 5.75 Å². The Hall–Kier alpha value is -3.91. The number of nitrogens with one attached hydrogen (secondary N) is 3. The minimum atomic E-state index is -1.47. The van der Waals surface area contributed by atoms with Crippen molar-refractivity contribution in [2.75, 3.05) is 13.2 Å². The first kappa shape index (κ1) is 31.1. The van der Waals surface area contributed by atoms with E-state index < -0.39 is 60.4 Å². The molecule has 0 spiro atoms. The zero-order valence-corrected chi connectivity index (χ0v) is 20.9. The molecule has 0 aliphatic heterocycles. The second-order valence-electron chi connectivity index (χ2n) is 8.80. The molecule has 206 valence electrons. The molecular formula is C23H37N7O7. The minimum Gasteiger partial charge on any atom is -0.508 e. The van der Waals surface area contributed by atoms with Gasteiger partial charge in [-0.15, -0.1) is 0 Å². The molecule has 0 aromatic heterocycles. The zero-order chi connectivity index (χ0) is 28.1. The summed E-state index contributed by atoms with van der Waals surface area (Å²) in [5.41, 5.74) is 16.9. The van der Waals surface area contributed by atoms with Gasteiger partial charge in [-0.1, -0.05) is 26.0 Å². The molecule has 1 rings (SSSR count). The van der Waals surface area contributed by atoms with Gasteiger partial charge in [0.1, 0.15) is 23.9 Å². The van der Waals surface area contributed by atoms with E-state index in [0.29, 0.717) is 12.0 Å². The van der Waals surface area contributed by atoms with Gasteiger partial charge in [-0.2, -0.15) is 0 Å². The van der Waals surface area contributed by atoms with E-state index in [1.165, 1.54) is 24.3 Å². The number of hydrogen-bond donors (Lipinski definition) is 9. The summed E-state index contributed by atoms with van der Waals surface area (Å²) in [6.45, 7) is 2.81. The molecule has 0 aliphatic rings. The number of phenolic OH excluding ortho intramolecular Hbond substituents is 1. The van der Waals surface area contributed by atoms with Crippen molar-refractivity contribution < 1.29 is 34.5 Å². The summed E-state index contributed by atoms with van der Waals surface area (Å²) in [5.74, 6) is -4.08. The highest BCUT2D eigenvalue weighted by atomic mass is 16.4. The number of hydrogen-bond acceptors (Lipinski definition) is 8. The molecule has 0 bridgehead atoms. The van der Waals surface area contributed by atoms with Crippen LogP contribution in [0.2, 0.25) is 0 Å². The van der Waals surface area contributed by atoms with Crippen LogP contribution in [0.3, 0.4) is 0 Å². The molecule has 1 aromatic carbocycles. The molecule has 12 N–H and O–H groups in total. The van der Waals surface area contributed by atoms with Crippen LogP contribution in [0.1, 0.15) is 32.3 Å². The average Bonchev–Trinajstić information content (AvgIpc) is 2.83. The molecule has 0 heterocycles. The fourth-order valence-electron chi connectivity index (χ4n) is 3.24. The van der Waals surface area contributed by atoms with E-state index in [9.17, 15) is 34.5 Å². The maximum Gasteiger partial charge on any atom is 0.326 e. The number of aliphatic hydroxyl groups excluding tert-OH is 1. The maximum atomic E-state index is 12.9. The number of carboxylic acids is 1. The van der Waals surface area contributed by atoms with E-state index in [2.05, 4.69) is 20.9 Å². The van der Waals surface area contributed by atoms with Crippen LogP contribution in [0.25, 0.3) is 0 Å². The quantitative estimate of drug-likeness (QED) is 0.0663. The van der Waals surface area contributed by atoms with Gasteiger partial charge in [0.15, 0.2) is 5.96 Å². The van der Waals surface area contributed by atoms with Gasteiger partial charge in [0.25, 0.3) is 0 Å². The van der Waals surface area contributed by atoms with E-state index in [1.807, 2.05) is 0 Å². The third-order valence-electron chi connectivity index (χ3n) is 5.36. The van der Waals surface area contributed by atoms with Crippen LogP contribution >= 0.6 is 0 Å². The number of amides is 3. The van der Waals surface area contributed by atoms with Crippen molar-refractivity contribution in [2.24, 2.45) is 28.1 Å². The highest BCUT2D eigenvalue weighted by molar-refractivity contribution is 5.94. The monoisotopic (exact) mass is 523 g/mol. The van der Waals surface area contributed by atoms with Crippen LogP contribution in [0, 0.1) is 5.92 Å². The fraction of sp³-hybridized carbons (Fsp3) is 0.522. The topological polar surface area (TPSA) is 255 Å². The number of carboxylic acid groups (broad SMARTS) is 1. The molecule has 0 fully saturated rings. The molecule has 4 unspecified atom stereocenters. The number of nitrogens with zero attached hydrogens (tertiary/aromatic N) is 1. The Morgan fingerprint density at radius 3 is 2.05 bits per heavy atom. The van der Waals surface area contributed by atoms with Crippen LogP contribution in [0.4, 0.5) is 0 Å². The summed E-state index contributed by atoms with van der Waals surface area (Å²) in [7, 11) is 0. The van der Waals surface area contributed by atoms with Crippen LogP contribution in [0.15, 0.2) is 29.3 Å². The highest BCUT2D eigenvalue weighted by Gasteiger charge is 2.31. The van der Waals surface area contributed by atoms with Gasteiger partial charge in [-0.25, -0.2) is 4.79 Å². The Balaban J connectivity index is 2.78. The number of nitrogens with two attached hydrogens (primary N) is 3. The minimum absolute atomic E-state index is 0.00131. The predicted molar refractivity (Wildman–Crippen MR) is 135 cm³/mol. The van der Waals surface area contributed by atoms with Crippen molar-refractivity contribution in [3.8, 4) is 5.75 Å². The van der Waals surface area contributed by atoms with E-state index in [-0.39, 0.29) is 31.1 Å². The molecular weight excluding hydrogens is 486 g/mol. The standard InChI is InChI=1S/C23H37N7O7/c1-12(2)18(30-19(33)15(24)4-3-9-27-23(25)26)21(35)29-17(11-31)20(34)28-16(22(36)37)10-13-5-7-14(32)8-6-13/h5-8,12,15-18,31-32H,3-4,9-11,24H2,1-2H3,(H,28,34)(H,29,35)(H,30,33)(H,36,37)(H4,25,26,27). The van der Waals surface area contributed by atoms with Gasteiger partial charge >= 0.3 is 5.97 Å². The van der Waals surface area contributed by atoms with Crippen molar-refractivity contribution >= 4 is 29.7 Å². The summed E-state index contributed by atoms with van der Waals surface area (Å²) >= 11 is 0. The van der Waals surface area contributed by atoms with E-state index in [1.54, 1.807) is 13.8 Å². The lowest BCUT2D eigenvalue weighted by Gasteiger charge is -2.26. The number of benzene rings is 1. The third kappa shape index (κ3) is 11.1. The lowest BCUT2D eigenvalue weighted by atomic mass is 10.0.